The van der Waals surface area contributed by atoms with Gasteiger partial charge in [0.1, 0.15) is 6.07 Å². The molecule has 2 atom stereocenters. The number of para-hydroxylation sites is 1. The first-order valence-electron chi connectivity index (χ1n) is 5.86. The van der Waals surface area contributed by atoms with Gasteiger partial charge in [0, 0.05) is 25.2 Å². The van der Waals surface area contributed by atoms with Crippen molar-refractivity contribution in [3.05, 3.63) is 29.8 Å². The summed E-state index contributed by atoms with van der Waals surface area (Å²) in [6.45, 7) is 3.80. The molecule has 0 amide bonds. The van der Waals surface area contributed by atoms with Gasteiger partial charge in [-0.3, -0.25) is 0 Å². The van der Waals surface area contributed by atoms with E-state index in [2.05, 4.69) is 23.2 Å². The zero-order valence-electron chi connectivity index (χ0n) is 9.93. The maximum atomic E-state index is 9.21. The van der Waals surface area contributed by atoms with Crippen LogP contribution in [0.5, 0.6) is 0 Å². The normalized spacial score (nSPS) is 24.4. The summed E-state index contributed by atoms with van der Waals surface area (Å²) < 4.78 is 0. The molecule has 0 radical (unpaired) electrons. The van der Waals surface area contributed by atoms with Crippen LogP contribution in [0.25, 0.3) is 0 Å². The van der Waals surface area contributed by atoms with E-state index in [1.165, 1.54) is 0 Å². The Bertz CT molecular complexity index is 427. The number of nitriles is 1. The van der Waals surface area contributed by atoms with E-state index in [0.717, 1.165) is 18.8 Å². The molecule has 2 rings (SSSR count). The van der Waals surface area contributed by atoms with Crippen molar-refractivity contribution in [1.29, 1.82) is 5.26 Å². The van der Waals surface area contributed by atoms with E-state index in [-0.39, 0.29) is 12.6 Å². The molecule has 1 fully saturated rings. The number of aliphatic hydroxyl groups is 1. The van der Waals surface area contributed by atoms with Crippen LogP contribution in [0.1, 0.15) is 12.5 Å². The standard InChI is InChI=1S/C13H17N3O/c1-10-7-15-12(9-17)8-16(10)13-5-3-2-4-11(13)6-14/h2-5,10,12,15,17H,7-9H2,1H3. The molecular weight excluding hydrogens is 214 g/mol. The summed E-state index contributed by atoms with van der Waals surface area (Å²) in [6, 6.07) is 10.2. The third-order valence-electron chi connectivity index (χ3n) is 3.21. The van der Waals surface area contributed by atoms with Gasteiger partial charge in [0.25, 0.3) is 0 Å². The zero-order chi connectivity index (χ0) is 12.3. The topological polar surface area (TPSA) is 59.3 Å². The quantitative estimate of drug-likeness (QED) is 0.787. The first-order valence-corrected chi connectivity index (χ1v) is 5.86. The second-order valence-electron chi connectivity index (χ2n) is 4.42. The van der Waals surface area contributed by atoms with Gasteiger partial charge in [0.15, 0.2) is 0 Å². The third kappa shape index (κ3) is 2.41. The van der Waals surface area contributed by atoms with Gasteiger partial charge in [-0.1, -0.05) is 12.1 Å². The summed E-state index contributed by atoms with van der Waals surface area (Å²) in [5.41, 5.74) is 1.65. The summed E-state index contributed by atoms with van der Waals surface area (Å²) >= 11 is 0. The Morgan fingerprint density at radius 2 is 2.29 bits per heavy atom. The molecule has 4 heteroatoms. The molecule has 4 nitrogen and oxygen atoms in total. The molecule has 0 bridgehead atoms. The molecule has 0 saturated carbocycles. The van der Waals surface area contributed by atoms with E-state index < -0.39 is 0 Å². The smallest absolute Gasteiger partial charge is 0.101 e. The lowest BCUT2D eigenvalue weighted by molar-refractivity contribution is 0.227. The van der Waals surface area contributed by atoms with Gasteiger partial charge >= 0.3 is 0 Å². The Labute approximate surface area is 101 Å². The van der Waals surface area contributed by atoms with Gasteiger partial charge in [-0.2, -0.15) is 5.26 Å². The molecule has 2 N–H and O–H groups in total. The lowest BCUT2D eigenvalue weighted by atomic mass is 10.1. The van der Waals surface area contributed by atoms with Crippen LogP contribution >= 0.6 is 0 Å². The number of piperazine rings is 1. The fourth-order valence-electron chi connectivity index (χ4n) is 2.21. The van der Waals surface area contributed by atoms with Crippen molar-refractivity contribution in [3.63, 3.8) is 0 Å². The Kier molecular flexibility index (Phi) is 3.62. The summed E-state index contributed by atoms with van der Waals surface area (Å²) in [4.78, 5) is 2.19. The number of nitrogens with zero attached hydrogens (tertiary/aromatic N) is 2. The molecule has 1 heterocycles. The lowest BCUT2D eigenvalue weighted by Crippen LogP contribution is -2.57. The van der Waals surface area contributed by atoms with E-state index in [9.17, 15) is 5.11 Å². The SMILES string of the molecule is CC1CNC(CO)CN1c1ccccc1C#N. The molecule has 1 aliphatic rings. The van der Waals surface area contributed by atoms with Crippen molar-refractivity contribution >= 4 is 5.69 Å². The Hall–Kier alpha value is -1.57. The maximum absolute atomic E-state index is 9.21. The Morgan fingerprint density at radius 3 is 3.00 bits per heavy atom. The van der Waals surface area contributed by atoms with E-state index in [1.54, 1.807) is 0 Å². The molecule has 1 aliphatic heterocycles. The van der Waals surface area contributed by atoms with Gasteiger partial charge in [-0.25, -0.2) is 0 Å². The Balaban J connectivity index is 2.28. The van der Waals surface area contributed by atoms with Gasteiger partial charge in [-0.15, -0.1) is 0 Å². The average Bonchev–Trinajstić information content (AvgIpc) is 2.39. The van der Waals surface area contributed by atoms with Gasteiger partial charge in [-0.05, 0) is 19.1 Å². The van der Waals surface area contributed by atoms with Crippen LogP contribution in [-0.4, -0.2) is 36.9 Å². The minimum Gasteiger partial charge on any atom is -0.395 e. The second kappa shape index (κ2) is 5.17. The first-order chi connectivity index (χ1) is 8.26. The van der Waals surface area contributed by atoms with Gasteiger partial charge < -0.3 is 15.3 Å². The monoisotopic (exact) mass is 231 g/mol. The van der Waals surface area contributed by atoms with Crippen molar-refractivity contribution in [2.75, 3.05) is 24.6 Å². The summed E-state index contributed by atoms with van der Waals surface area (Å²) in [7, 11) is 0. The van der Waals surface area contributed by atoms with Crippen LogP contribution < -0.4 is 10.2 Å². The molecule has 1 saturated heterocycles. The molecule has 1 aromatic carbocycles. The van der Waals surface area contributed by atoms with Crippen LogP contribution in [0.15, 0.2) is 24.3 Å². The predicted octanol–water partition coefficient (Wildman–Crippen LogP) is 0.717. The average molecular weight is 231 g/mol. The van der Waals surface area contributed by atoms with E-state index in [4.69, 9.17) is 5.26 Å². The Morgan fingerprint density at radius 1 is 1.53 bits per heavy atom. The fourth-order valence-corrected chi connectivity index (χ4v) is 2.21. The fraction of sp³-hybridized carbons (Fsp3) is 0.462. The van der Waals surface area contributed by atoms with Crippen LogP contribution in [0.2, 0.25) is 0 Å². The summed E-state index contributed by atoms with van der Waals surface area (Å²) in [6.07, 6.45) is 0. The van der Waals surface area contributed by atoms with Crippen molar-refractivity contribution < 1.29 is 5.11 Å². The largest absolute Gasteiger partial charge is 0.395 e. The van der Waals surface area contributed by atoms with Gasteiger partial charge in [0.05, 0.1) is 17.9 Å². The summed E-state index contributed by atoms with van der Waals surface area (Å²) in [5.74, 6) is 0. The highest BCUT2D eigenvalue weighted by Crippen LogP contribution is 2.23. The number of aliphatic hydroxyl groups excluding tert-OH is 1. The number of hydrogen-bond donors (Lipinski definition) is 2. The van der Waals surface area contributed by atoms with Crippen molar-refractivity contribution in [2.45, 2.75) is 19.0 Å². The molecule has 17 heavy (non-hydrogen) atoms. The molecule has 90 valence electrons. The maximum Gasteiger partial charge on any atom is 0.101 e. The predicted molar refractivity (Wildman–Crippen MR) is 66.8 cm³/mol. The van der Waals surface area contributed by atoms with Crippen LogP contribution in [-0.2, 0) is 0 Å². The number of nitrogens with one attached hydrogen (secondary N) is 1. The molecule has 2 unspecified atom stereocenters. The van der Waals surface area contributed by atoms with E-state index in [0.29, 0.717) is 11.6 Å². The highest BCUT2D eigenvalue weighted by molar-refractivity contribution is 5.60. The summed E-state index contributed by atoms with van der Waals surface area (Å²) in [5, 5.41) is 21.6. The zero-order valence-corrected chi connectivity index (χ0v) is 9.93. The van der Waals surface area contributed by atoms with E-state index in [1.807, 2.05) is 24.3 Å². The third-order valence-corrected chi connectivity index (χ3v) is 3.21. The number of benzene rings is 1. The van der Waals surface area contributed by atoms with E-state index >= 15 is 0 Å². The number of hydrogen-bond acceptors (Lipinski definition) is 4. The molecule has 1 aromatic rings. The number of rotatable bonds is 2. The van der Waals surface area contributed by atoms with Crippen LogP contribution in [0, 0.1) is 11.3 Å². The van der Waals surface area contributed by atoms with Crippen molar-refractivity contribution in [1.82, 2.24) is 5.32 Å². The van der Waals surface area contributed by atoms with Gasteiger partial charge in [0.2, 0.25) is 0 Å². The van der Waals surface area contributed by atoms with Crippen molar-refractivity contribution in [3.8, 4) is 6.07 Å². The second-order valence-corrected chi connectivity index (χ2v) is 4.42. The minimum atomic E-state index is 0.0814. The number of anilines is 1. The highest BCUT2D eigenvalue weighted by Gasteiger charge is 2.25. The lowest BCUT2D eigenvalue weighted by Gasteiger charge is -2.40. The first kappa shape index (κ1) is 11.9. The minimum absolute atomic E-state index is 0.0814. The van der Waals surface area contributed by atoms with Crippen LogP contribution in [0.4, 0.5) is 5.69 Å². The molecule has 0 aliphatic carbocycles. The van der Waals surface area contributed by atoms with Crippen LogP contribution in [0.3, 0.4) is 0 Å². The highest BCUT2D eigenvalue weighted by atomic mass is 16.3. The molecule has 0 aromatic heterocycles. The molecular formula is C13H17N3O. The molecule has 0 spiro atoms. The van der Waals surface area contributed by atoms with Crippen molar-refractivity contribution in [2.24, 2.45) is 0 Å².